The highest BCUT2D eigenvalue weighted by Gasteiger charge is 2.13. The number of tetrazole rings is 1. The van der Waals surface area contributed by atoms with E-state index in [0.717, 1.165) is 0 Å². The maximum Gasteiger partial charge on any atom is 0.184 e. The summed E-state index contributed by atoms with van der Waals surface area (Å²) in [7, 11) is 1.63. The third-order valence-corrected chi connectivity index (χ3v) is 3.03. The van der Waals surface area contributed by atoms with Crippen molar-refractivity contribution >= 4 is 17.3 Å². The Kier molecular flexibility index (Phi) is 5.28. The lowest BCUT2D eigenvalue weighted by atomic mass is 10.1. The molecule has 0 saturated carbocycles. The fourth-order valence-corrected chi connectivity index (χ4v) is 1.85. The van der Waals surface area contributed by atoms with Crippen molar-refractivity contribution in [2.24, 2.45) is 0 Å². The number of benzene rings is 1. The van der Waals surface area contributed by atoms with Gasteiger partial charge in [0.15, 0.2) is 5.82 Å². The fraction of sp³-hybridized carbons (Fsp3) is 0.417. The summed E-state index contributed by atoms with van der Waals surface area (Å²) >= 11 is 6.00. The van der Waals surface area contributed by atoms with E-state index in [1.807, 2.05) is 12.1 Å². The SMILES string of the molecule is COCCOCCn1nnnc1-c1cccc(Cl)c1N. The molecule has 2 rings (SSSR count). The molecular formula is C12H16ClN5O2. The Morgan fingerprint density at radius 2 is 2.15 bits per heavy atom. The largest absolute Gasteiger partial charge is 0.397 e. The molecule has 1 aromatic heterocycles. The normalized spacial score (nSPS) is 10.9. The van der Waals surface area contributed by atoms with Crippen molar-refractivity contribution in [3.63, 3.8) is 0 Å². The molecule has 0 bridgehead atoms. The van der Waals surface area contributed by atoms with Gasteiger partial charge in [0.05, 0.1) is 37.1 Å². The molecule has 0 aliphatic carbocycles. The number of halogens is 1. The summed E-state index contributed by atoms with van der Waals surface area (Å²) in [5.41, 5.74) is 7.12. The third kappa shape index (κ3) is 3.44. The minimum atomic E-state index is 0.463. The summed E-state index contributed by atoms with van der Waals surface area (Å²) in [6, 6.07) is 5.36. The summed E-state index contributed by atoms with van der Waals surface area (Å²) in [4.78, 5) is 0. The quantitative estimate of drug-likeness (QED) is 0.611. The number of rotatable bonds is 7. The van der Waals surface area contributed by atoms with Crippen LogP contribution in [0.1, 0.15) is 0 Å². The molecule has 7 nitrogen and oxygen atoms in total. The molecule has 1 aromatic carbocycles. The van der Waals surface area contributed by atoms with Crippen molar-refractivity contribution in [1.82, 2.24) is 20.2 Å². The van der Waals surface area contributed by atoms with Gasteiger partial charge in [-0.05, 0) is 22.6 Å². The van der Waals surface area contributed by atoms with Crippen LogP contribution in [-0.4, -0.2) is 47.1 Å². The van der Waals surface area contributed by atoms with Crippen molar-refractivity contribution in [3.05, 3.63) is 23.2 Å². The number of hydrogen-bond acceptors (Lipinski definition) is 6. The molecule has 0 fully saturated rings. The van der Waals surface area contributed by atoms with Crippen LogP contribution in [0.15, 0.2) is 18.2 Å². The molecule has 0 atom stereocenters. The second-order valence-electron chi connectivity index (χ2n) is 4.03. The van der Waals surface area contributed by atoms with Gasteiger partial charge in [-0.2, -0.15) is 0 Å². The van der Waals surface area contributed by atoms with Crippen LogP contribution in [-0.2, 0) is 16.0 Å². The zero-order valence-corrected chi connectivity index (χ0v) is 11.9. The van der Waals surface area contributed by atoms with Crippen molar-refractivity contribution in [3.8, 4) is 11.4 Å². The number of hydrogen-bond donors (Lipinski definition) is 1. The van der Waals surface area contributed by atoms with Gasteiger partial charge in [0.25, 0.3) is 0 Å². The first-order chi connectivity index (χ1) is 9.74. The van der Waals surface area contributed by atoms with Gasteiger partial charge >= 0.3 is 0 Å². The van der Waals surface area contributed by atoms with Crippen LogP contribution in [0.25, 0.3) is 11.4 Å². The van der Waals surface area contributed by atoms with Crippen molar-refractivity contribution < 1.29 is 9.47 Å². The second kappa shape index (κ2) is 7.18. The summed E-state index contributed by atoms with van der Waals surface area (Å²) in [5.74, 6) is 0.570. The molecule has 1 heterocycles. The minimum Gasteiger partial charge on any atom is -0.397 e. The Hall–Kier alpha value is -1.70. The first-order valence-electron chi connectivity index (χ1n) is 6.11. The molecule has 0 amide bonds. The summed E-state index contributed by atoms with van der Waals surface area (Å²) in [6.45, 7) is 2.11. The van der Waals surface area contributed by atoms with Gasteiger partial charge < -0.3 is 15.2 Å². The molecule has 0 saturated heterocycles. The summed E-state index contributed by atoms with van der Waals surface area (Å²) in [5, 5.41) is 12.1. The maximum atomic E-state index is 6.00. The van der Waals surface area contributed by atoms with Gasteiger partial charge in [-0.1, -0.05) is 17.7 Å². The zero-order valence-electron chi connectivity index (χ0n) is 11.1. The van der Waals surface area contributed by atoms with E-state index in [0.29, 0.717) is 48.5 Å². The van der Waals surface area contributed by atoms with Crippen LogP contribution in [0.4, 0.5) is 5.69 Å². The number of nitrogen functional groups attached to an aromatic ring is 1. The average Bonchev–Trinajstić information content (AvgIpc) is 2.90. The number of methoxy groups -OCH3 is 1. The van der Waals surface area contributed by atoms with E-state index in [-0.39, 0.29) is 0 Å². The van der Waals surface area contributed by atoms with Gasteiger partial charge in [-0.3, -0.25) is 0 Å². The highest BCUT2D eigenvalue weighted by atomic mass is 35.5. The Bertz CT molecular complexity index is 561. The average molecular weight is 298 g/mol. The number of nitrogens with zero attached hydrogens (tertiary/aromatic N) is 4. The lowest BCUT2D eigenvalue weighted by Crippen LogP contribution is -2.12. The Morgan fingerprint density at radius 3 is 2.95 bits per heavy atom. The lowest BCUT2D eigenvalue weighted by Gasteiger charge is -2.08. The fourth-order valence-electron chi connectivity index (χ4n) is 1.68. The molecule has 0 aliphatic heterocycles. The van der Waals surface area contributed by atoms with Crippen molar-refractivity contribution in [1.29, 1.82) is 0 Å². The van der Waals surface area contributed by atoms with E-state index in [4.69, 9.17) is 26.8 Å². The van der Waals surface area contributed by atoms with E-state index in [9.17, 15) is 0 Å². The second-order valence-corrected chi connectivity index (χ2v) is 4.44. The molecule has 0 radical (unpaired) electrons. The van der Waals surface area contributed by atoms with E-state index in [2.05, 4.69) is 15.5 Å². The molecule has 108 valence electrons. The zero-order chi connectivity index (χ0) is 14.4. The first-order valence-corrected chi connectivity index (χ1v) is 6.49. The number of aromatic nitrogens is 4. The van der Waals surface area contributed by atoms with Gasteiger partial charge in [-0.15, -0.1) is 5.10 Å². The van der Waals surface area contributed by atoms with E-state index < -0.39 is 0 Å². The smallest absolute Gasteiger partial charge is 0.184 e. The van der Waals surface area contributed by atoms with Crippen molar-refractivity contribution in [2.75, 3.05) is 32.7 Å². The number of anilines is 1. The minimum absolute atomic E-state index is 0.463. The van der Waals surface area contributed by atoms with Crippen LogP contribution in [0, 0.1) is 0 Å². The molecular weight excluding hydrogens is 282 g/mol. The molecule has 2 aromatic rings. The highest BCUT2D eigenvalue weighted by Crippen LogP contribution is 2.29. The van der Waals surface area contributed by atoms with Crippen LogP contribution in [0.2, 0.25) is 5.02 Å². The van der Waals surface area contributed by atoms with Crippen LogP contribution >= 0.6 is 11.6 Å². The lowest BCUT2D eigenvalue weighted by molar-refractivity contribution is 0.0654. The Morgan fingerprint density at radius 1 is 1.30 bits per heavy atom. The van der Waals surface area contributed by atoms with Crippen LogP contribution in [0.3, 0.4) is 0 Å². The maximum absolute atomic E-state index is 6.00. The van der Waals surface area contributed by atoms with Crippen LogP contribution < -0.4 is 5.73 Å². The predicted molar refractivity (Wildman–Crippen MR) is 75.4 cm³/mol. The third-order valence-electron chi connectivity index (χ3n) is 2.70. The Labute approximate surface area is 121 Å². The number of ether oxygens (including phenoxy) is 2. The van der Waals surface area contributed by atoms with Gasteiger partial charge in [-0.25, -0.2) is 4.68 Å². The van der Waals surface area contributed by atoms with Gasteiger partial charge in [0.1, 0.15) is 0 Å². The van der Waals surface area contributed by atoms with E-state index >= 15 is 0 Å². The summed E-state index contributed by atoms with van der Waals surface area (Å²) in [6.07, 6.45) is 0. The number of para-hydroxylation sites is 1. The molecule has 8 heteroatoms. The molecule has 0 spiro atoms. The predicted octanol–water partition coefficient (Wildman–Crippen LogP) is 1.24. The summed E-state index contributed by atoms with van der Waals surface area (Å²) < 4.78 is 11.9. The topological polar surface area (TPSA) is 88.1 Å². The van der Waals surface area contributed by atoms with E-state index in [1.54, 1.807) is 17.9 Å². The standard InChI is InChI=1S/C12H16ClN5O2/c1-19-7-8-20-6-5-18-12(15-16-17-18)9-3-2-4-10(13)11(9)14/h2-4H,5-8,14H2,1H3. The molecule has 2 N–H and O–H groups in total. The van der Waals surface area contributed by atoms with Gasteiger partial charge in [0, 0.05) is 12.7 Å². The monoisotopic (exact) mass is 297 g/mol. The van der Waals surface area contributed by atoms with Crippen molar-refractivity contribution in [2.45, 2.75) is 6.54 Å². The molecule has 0 unspecified atom stereocenters. The highest BCUT2D eigenvalue weighted by molar-refractivity contribution is 6.33. The van der Waals surface area contributed by atoms with Gasteiger partial charge in [0.2, 0.25) is 0 Å². The van der Waals surface area contributed by atoms with E-state index in [1.165, 1.54) is 0 Å². The first kappa shape index (κ1) is 14.7. The number of nitrogens with two attached hydrogens (primary N) is 1. The molecule has 0 aliphatic rings. The molecule has 20 heavy (non-hydrogen) atoms. The van der Waals surface area contributed by atoms with Crippen LogP contribution in [0.5, 0.6) is 0 Å². The Balaban J connectivity index is 2.06.